The van der Waals surface area contributed by atoms with E-state index in [0.29, 0.717) is 31.0 Å². The van der Waals surface area contributed by atoms with E-state index in [2.05, 4.69) is 24.5 Å². The van der Waals surface area contributed by atoms with Crippen molar-refractivity contribution in [1.29, 1.82) is 0 Å². The normalized spacial score (nSPS) is 28.8. The topological polar surface area (TPSA) is 50.4 Å². The van der Waals surface area contributed by atoms with Crippen molar-refractivity contribution < 1.29 is 9.53 Å². The van der Waals surface area contributed by atoms with Crippen molar-refractivity contribution in [3.63, 3.8) is 0 Å². The molecule has 1 aliphatic heterocycles. The summed E-state index contributed by atoms with van der Waals surface area (Å²) in [5.41, 5.74) is 0. The number of ether oxygens (including phenoxy) is 1. The van der Waals surface area contributed by atoms with Crippen LogP contribution in [0.5, 0.6) is 0 Å². The Balaban J connectivity index is 1.64. The SMILES string of the molecule is CC(C)COC(=O)CC1CNC(C2CCCC2)NC1. The molecule has 110 valence electrons. The third-order valence-electron chi connectivity index (χ3n) is 4.16. The molecule has 0 unspecified atom stereocenters. The van der Waals surface area contributed by atoms with E-state index in [0.717, 1.165) is 19.0 Å². The third kappa shape index (κ3) is 4.77. The van der Waals surface area contributed by atoms with Crippen LogP contribution in [0, 0.1) is 17.8 Å². The summed E-state index contributed by atoms with van der Waals surface area (Å²) in [7, 11) is 0. The van der Waals surface area contributed by atoms with E-state index in [9.17, 15) is 4.79 Å². The molecule has 1 aliphatic carbocycles. The molecule has 1 saturated heterocycles. The Morgan fingerprint density at radius 2 is 1.84 bits per heavy atom. The maximum Gasteiger partial charge on any atom is 0.306 e. The zero-order valence-electron chi connectivity index (χ0n) is 12.3. The van der Waals surface area contributed by atoms with E-state index >= 15 is 0 Å². The van der Waals surface area contributed by atoms with Crippen LogP contribution >= 0.6 is 0 Å². The molecule has 0 aromatic heterocycles. The predicted molar refractivity (Wildman–Crippen MR) is 75.7 cm³/mol. The number of carbonyl (C=O) groups is 1. The summed E-state index contributed by atoms with van der Waals surface area (Å²) in [4.78, 5) is 11.7. The standard InChI is InChI=1S/C15H28N2O2/c1-11(2)10-19-14(18)7-12-8-16-15(17-9-12)13-5-3-4-6-13/h11-13,15-17H,3-10H2,1-2H3. The van der Waals surface area contributed by atoms with Crippen LogP contribution in [0.25, 0.3) is 0 Å². The average molecular weight is 268 g/mol. The first-order chi connectivity index (χ1) is 9.15. The van der Waals surface area contributed by atoms with Crippen molar-refractivity contribution in [1.82, 2.24) is 10.6 Å². The van der Waals surface area contributed by atoms with Crippen LogP contribution in [0.2, 0.25) is 0 Å². The fourth-order valence-electron chi connectivity index (χ4n) is 3.05. The number of hydrogen-bond acceptors (Lipinski definition) is 4. The second-order valence-electron chi connectivity index (χ2n) is 6.49. The zero-order valence-corrected chi connectivity index (χ0v) is 12.3. The summed E-state index contributed by atoms with van der Waals surface area (Å²) in [5.74, 6) is 1.52. The van der Waals surface area contributed by atoms with Crippen molar-refractivity contribution in [2.24, 2.45) is 17.8 Å². The van der Waals surface area contributed by atoms with Crippen LogP contribution in [0.1, 0.15) is 46.0 Å². The lowest BCUT2D eigenvalue weighted by Gasteiger charge is -2.34. The molecule has 2 aliphatic rings. The molecule has 0 atom stereocenters. The molecule has 2 rings (SSSR count). The lowest BCUT2D eigenvalue weighted by Crippen LogP contribution is -2.56. The van der Waals surface area contributed by atoms with Gasteiger partial charge in [0, 0.05) is 13.1 Å². The van der Waals surface area contributed by atoms with Crippen molar-refractivity contribution >= 4 is 5.97 Å². The van der Waals surface area contributed by atoms with Crippen LogP contribution in [-0.4, -0.2) is 31.8 Å². The van der Waals surface area contributed by atoms with Gasteiger partial charge in [-0.25, -0.2) is 0 Å². The fraction of sp³-hybridized carbons (Fsp3) is 0.933. The Kier molecular flexibility index (Phi) is 5.64. The van der Waals surface area contributed by atoms with Gasteiger partial charge in [0.15, 0.2) is 0 Å². The Morgan fingerprint density at radius 1 is 1.21 bits per heavy atom. The van der Waals surface area contributed by atoms with Crippen LogP contribution in [0.3, 0.4) is 0 Å². The van der Waals surface area contributed by atoms with Crippen molar-refractivity contribution in [2.75, 3.05) is 19.7 Å². The summed E-state index contributed by atoms with van der Waals surface area (Å²) in [6.45, 7) is 6.53. The Labute approximate surface area is 116 Å². The van der Waals surface area contributed by atoms with Crippen molar-refractivity contribution in [3.05, 3.63) is 0 Å². The van der Waals surface area contributed by atoms with Gasteiger partial charge in [-0.2, -0.15) is 0 Å². The van der Waals surface area contributed by atoms with Gasteiger partial charge in [0.05, 0.1) is 19.2 Å². The van der Waals surface area contributed by atoms with Crippen LogP contribution in [0.15, 0.2) is 0 Å². The van der Waals surface area contributed by atoms with Crippen LogP contribution in [0.4, 0.5) is 0 Å². The Bertz CT molecular complexity index is 280. The van der Waals surface area contributed by atoms with Gasteiger partial charge in [-0.3, -0.25) is 4.79 Å². The molecule has 0 amide bonds. The minimum Gasteiger partial charge on any atom is -0.465 e. The van der Waals surface area contributed by atoms with E-state index in [4.69, 9.17) is 4.74 Å². The first-order valence-electron chi connectivity index (χ1n) is 7.77. The van der Waals surface area contributed by atoms with Gasteiger partial charge in [-0.05, 0) is 30.6 Å². The molecule has 0 aromatic rings. The predicted octanol–water partition coefficient (Wildman–Crippen LogP) is 1.90. The second-order valence-corrected chi connectivity index (χ2v) is 6.49. The molecule has 0 radical (unpaired) electrons. The minimum atomic E-state index is -0.0541. The fourth-order valence-corrected chi connectivity index (χ4v) is 3.05. The molecule has 1 saturated carbocycles. The Hall–Kier alpha value is -0.610. The summed E-state index contributed by atoms with van der Waals surface area (Å²) >= 11 is 0. The first-order valence-corrected chi connectivity index (χ1v) is 7.77. The highest BCUT2D eigenvalue weighted by Crippen LogP contribution is 2.27. The summed E-state index contributed by atoms with van der Waals surface area (Å²) in [6, 6.07) is 0. The summed E-state index contributed by atoms with van der Waals surface area (Å²) < 4.78 is 5.24. The maximum absolute atomic E-state index is 11.7. The maximum atomic E-state index is 11.7. The lowest BCUT2D eigenvalue weighted by atomic mass is 9.97. The van der Waals surface area contributed by atoms with Crippen LogP contribution < -0.4 is 10.6 Å². The van der Waals surface area contributed by atoms with E-state index in [1.54, 1.807) is 0 Å². The van der Waals surface area contributed by atoms with Gasteiger partial charge in [0.2, 0.25) is 0 Å². The second kappa shape index (κ2) is 7.25. The van der Waals surface area contributed by atoms with Gasteiger partial charge in [-0.15, -0.1) is 0 Å². The van der Waals surface area contributed by atoms with Gasteiger partial charge in [0.25, 0.3) is 0 Å². The first kappa shape index (κ1) is 14.8. The molecule has 2 N–H and O–H groups in total. The molecular weight excluding hydrogens is 240 g/mol. The number of rotatable bonds is 5. The van der Waals surface area contributed by atoms with E-state index in [-0.39, 0.29) is 5.97 Å². The van der Waals surface area contributed by atoms with Gasteiger partial charge >= 0.3 is 5.97 Å². The monoisotopic (exact) mass is 268 g/mol. The number of hydrogen-bond donors (Lipinski definition) is 2. The highest BCUT2D eigenvalue weighted by molar-refractivity contribution is 5.69. The van der Waals surface area contributed by atoms with E-state index < -0.39 is 0 Å². The zero-order chi connectivity index (χ0) is 13.7. The van der Waals surface area contributed by atoms with Gasteiger partial charge in [0.1, 0.15) is 0 Å². The molecule has 2 fully saturated rings. The quantitative estimate of drug-likeness (QED) is 0.748. The molecule has 0 aromatic carbocycles. The van der Waals surface area contributed by atoms with Crippen molar-refractivity contribution in [3.8, 4) is 0 Å². The molecule has 1 heterocycles. The average Bonchev–Trinajstić information content (AvgIpc) is 2.91. The number of nitrogens with one attached hydrogen (secondary N) is 2. The van der Waals surface area contributed by atoms with E-state index in [1.165, 1.54) is 25.7 Å². The van der Waals surface area contributed by atoms with Crippen molar-refractivity contribution in [2.45, 2.75) is 52.1 Å². The van der Waals surface area contributed by atoms with E-state index in [1.807, 2.05) is 0 Å². The smallest absolute Gasteiger partial charge is 0.306 e. The third-order valence-corrected chi connectivity index (χ3v) is 4.16. The number of esters is 1. The molecule has 19 heavy (non-hydrogen) atoms. The van der Waals surface area contributed by atoms with Crippen LogP contribution in [-0.2, 0) is 9.53 Å². The molecule has 0 spiro atoms. The molecule has 4 nitrogen and oxygen atoms in total. The molecular formula is C15H28N2O2. The number of carbonyl (C=O) groups excluding carboxylic acids is 1. The summed E-state index contributed by atoms with van der Waals surface area (Å²) in [5, 5.41) is 7.12. The summed E-state index contributed by atoms with van der Waals surface area (Å²) in [6.07, 6.45) is 6.41. The molecule has 0 bridgehead atoms. The highest BCUT2D eigenvalue weighted by Gasteiger charge is 2.29. The Morgan fingerprint density at radius 3 is 2.42 bits per heavy atom. The highest BCUT2D eigenvalue weighted by atomic mass is 16.5. The largest absolute Gasteiger partial charge is 0.465 e. The van der Waals surface area contributed by atoms with Gasteiger partial charge in [-0.1, -0.05) is 26.7 Å². The molecule has 4 heteroatoms. The lowest BCUT2D eigenvalue weighted by molar-refractivity contribution is -0.146. The minimum absolute atomic E-state index is 0.0541. The van der Waals surface area contributed by atoms with Gasteiger partial charge < -0.3 is 15.4 Å².